The minimum atomic E-state index is -0.673. The third-order valence-corrected chi connectivity index (χ3v) is 2.08. The lowest BCUT2D eigenvalue weighted by Crippen LogP contribution is -2.27. The molecule has 94 valence electrons. The molecule has 1 rings (SSSR count). The van der Waals surface area contributed by atoms with E-state index in [1.807, 2.05) is 0 Å². The molecule has 17 heavy (non-hydrogen) atoms. The molecule has 0 aliphatic rings. The van der Waals surface area contributed by atoms with Gasteiger partial charge in [-0.1, -0.05) is 11.6 Å². The molecule has 0 bridgehead atoms. The van der Waals surface area contributed by atoms with Crippen molar-refractivity contribution in [3.63, 3.8) is 0 Å². The first-order chi connectivity index (χ1) is 7.69. The second kappa shape index (κ2) is 4.71. The van der Waals surface area contributed by atoms with Crippen molar-refractivity contribution in [1.29, 1.82) is 0 Å². The maximum absolute atomic E-state index is 11.5. The summed E-state index contributed by atoms with van der Waals surface area (Å²) in [6, 6.07) is 2.62. The fourth-order valence-corrected chi connectivity index (χ4v) is 1.26. The van der Waals surface area contributed by atoms with Crippen molar-refractivity contribution in [2.45, 2.75) is 26.4 Å². The average Bonchev–Trinajstić information content (AvgIpc) is 2.11. The van der Waals surface area contributed by atoms with Crippen LogP contribution in [0.1, 0.15) is 20.8 Å². The summed E-state index contributed by atoms with van der Waals surface area (Å²) in [5.74, 6) is -0.169. The van der Waals surface area contributed by atoms with E-state index in [-0.39, 0.29) is 22.1 Å². The molecule has 1 aromatic rings. The van der Waals surface area contributed by atoms with Crippen LogP contribution in [0.3, 0.4) is 0 Å². The summed E-state index contributed by atoms with van der Waals surface area (Å²) >= 11 is 5.77. The summed E-state index contributed by atoms with van der Waals surface area (Å²) in [6.45, 7) is 5.22. The average molecular weight is 259 g/mol. The lowest BCUT2D eigenvalue weighted by Gasteiger charge is -2.20. The summed E-state index contributed by atoms with van der Waals surface area (Å²) in [5, 5.41) is 12.2. The van der Waals surface area contributed by atoms with Gasteiger partial charge in [0.05, 0.1) is 16.4 Å². The second-order valence-electron chi connectivity index (χ2n) is 4.52. The molecule has 0 aliphatic carbocycles. The molecule has 0 saturated heterocycles. The van der Waals surface area contributed by atoms with E-state index in [2.05, 4.69) is 5.32 Å². The van der Waals surface area contributed by atoms with E-state index in [1.165, 1.54) is 12.1 Å². The number of nitrogens with one attached hydrogen (secondary N) is 1. The molecule has 0 radical (unpaired) electrons. The summed E-state index contributed by atoms with van der Waals surface area (Å²) < 4.78 is 5.03. The van der Waals surface area contributed by atoms with Crippen molar-refractivity contribution in [1.82, 2.24) is 0 Å². The van der Waals surface area contributed by atoms with Crippen LogP contribution in [0.25, 0.3) is 0 Å². The van der Waals surface area contributed by atoms with Gasteiger partial charge in [-0.3, -0.25) is 5.32 Å². The third kappa shape index (κ3) is 4.03. The maximum atomic E-state index is 11.5. The predicted octanol–water partition coefficient (Wildman–Crippen LogP) is 2.97. The van der Waals surface area contributed by atoms with Gasteiger partial charge in [0.1, 0.15) is 11.4 Å². The number of anilines is 2. The number of rotatable bonds is 1. The minimum Gasteiger partial charge on any atom is -0.506 e. The van der Waals surface area contributed by atoms with Crippen molar-refractivity contribution in [3.8, 4) is 5.75 Å². The number of nitrogen functional groups attached to an aromatic ring is 1. The zero-order chi connectivity index (χ0) is 13.2. The number of carbonyl (C=O) groups is 1. The van der Waals surface area contributed by atoms with E-state index < -0.39 is 11.7 Å². The number of benzene rings is 1. The molecule has 0 atom stereocenters. The van der Waals surface area contributed by atoms with Gasteiger partial charge in [-0.25, -0.2) is 4.79 Å². The number of amides is 1. The molecule has 4 N–H and O–H groups in total. The number of hydrogen-bond acceptors (Lipinski definition) is 4. The topological polar surface area (TPSA) is 84.6 Å². The Morgan fingerprint density at radius 3 is 2.59 bits per heavy atom. The minimum absolute atomic E-state index is 0.151. The van der Waals surface area contributed by atoms with Gasteiger partial charge in [-0.05, 0) is 26.8 Å². The van der Waals surface area contributed by atoms with Crippen LogP contribution in [-0.2, 0) is 4.74 Å². The van der Waals surface area contributed by atoms with Crippen LogP contribution >= 0.6 is 11.6 Å². The quantitative estimate of drug-likeness (QED) is 0.534. The highest BCUT2D eigenvalue weighted by Gasteiger charge is 2.17. The van der Waals surface area contributed by atoms with Crippen molar-refractivity contribution < 1.29 is 14.6 Å². The Hall–Kier alpha value is -1.62. The van der Waals surface area contributed by atoms with Gasteiger partial charge in [-0.2, -0.15) is 0 Å². The first kappa shape index (κ1) is 13.4. The number of nitrogens with two attached hydrogens (primary N) is 1. The molecule has 0 heterocycles. The van der Waals surface area contributed by atoms with E-state index in [0.29, 0.717) is 0 Å². The molecular weight excluding hydrogens is 244 g/mol. The molecule has 5 nitrogen and oxygen atoms in total. The Labute approximate surface area is 105 Å². The van der Waals surface area contributed by atoms with E-state index in [0.717, 1.165) is 0 Å². The van der Waals surface area contributed by atoms with Gasteiger partial charge < -0.3 is 15.6 Å². The van der Waals surface area contributed by atoms with Crippen molar-refractivity contribution >= 4 is 29.1 Å². The van der Waals surface area contributed by atoms with Crippen molar-refractivity contribution in [2.75, 3.05) is 11.1 Å². The predicted molar refractivity (Wildman–Crippen MR) is 67.4 cm³/mol. The van der Waals surface area contributed by atoms with Crippen LogP contribution in [0, 0.1) is 0 Å². The first-order valence-corrected chi connectivity index (χ1v) is 5.35. The van der Waals surface area contributed by atoms with E-state index in [9.17, 15) is 9.90 Å². The lowest BCUT2D eigenvalue weighted by molar-refractivity contribution is 0.0635. The number of hydrogen-bond donors (Lipinski definition) is 3. The van der Waals surface area contributed by atoms with Crippen molar-refractivity contribution in [3.05, 3.63) is 17.2 Å². The second-order valence-corrected chi connectivity index (χ2v) is 4.92. The fraction of sp³-hybridized carbons (Fsp3) is 0.364. The largest absolute Gasteiger partial charge is 0.506 e. The van der Waals surface area contributed by atoms with Gasteiger partial charge in [-0.15, -0.1) is 0 Å². The molecule has 0 aromatic heterocycles. The number of aromatic hydroxyl groups is 1. The summed E-state index contributed by atoms with van der Waals surface area (Å²) in [5.41, 5.74) is 5.26. The zero-order valence-electron chi connectivity index (χ0n) is 9.87. The molecule has 6 heteroatoms. The van der Waals surface area contributed by atoms with E-state index in [4.69, 9.17) is 22.1 Å². The Balaban J connectivity index is 2.82. The van der Waals surface area contributed by atoms with Crippen LogP contribution in [0.15, 0.2) is 12.1 Å². The molecule has 0 spiro atoms. The van der Waals surface area contributed by atoms with E-state index >= 15 is 0 Å². The van der Waals surface area contributed by atoms with Gasteiger partial charge in [0.15, 0.2) is 0 Å². The van der Waals surface area contributed by atoms with Crippen LogP contribution in [0.5, 0.6) is 5.75 Å². The highest BCUT2D eigenvalue weighted by atomic mass is 35.5. The SMILES string of the molecule is CC(C)(C)OC(=O)Nc1cc(Cl)c(N)cc1O. The van der Waals surface area contributed by atoms with Gasteiger partial charge in [0, 0.05) is 6.07 Å². The molecule has 1 aromatic carbocycles. The number of phenols is 1. The van der Waals surface area contributed by atoms with Crippen LogP contribution in [0.4, 0.5) is 16.2 Å². The number of phenolic OH excluding ortho intramolecular Hbond substituents is 1. The monoisotopic (exact) mass is 258 g/mol. The standard InChI is InChI=1S/C11H15ClN2O3/c1-11(2,3)17-10(16)14-8-4-6(12)7(13)5-9(8)15/h4-5,15H,13H2,1-3H3,(H,14,16). The molecule has 1 amide bonds. The summed E-state index contributed by atoms with van der Waals surface area (Å²) in [4.78, 5) is 11.5. The number of halogens is 1. The molecule has 0 aliphatic heterocycles. The fourth-order valence-electron chi connectivity index (χ4n) is 1.09. The third-order valence-electron chi connectivity index (χ3n) is 1.75. The van der Waals surface area contributed by atoms with Gasteiger partial charge in [0.25, 0.3) is 0 Å². The van der Waals surface area contributed by atoms with Gasteiger partial charge >= 0.3 is 6.09 Å². The van der Waals surface area contributed by atoms with Crippen LogP contribution in [-0.4, -0.2) is 16.8 Å². The van der Waals surface area contributed by atoms with Crippen molar-refractivity contribution in [2.24, 2.45) is 0 Å². The van der Waals surface area contributed by atoms with Crippen LogP contribution < -0.4 is 11.1 Å². The zero-order valence-corrected chi connectivity index (χ0v) is 10.6. The highest BCUT2D eigenvalue weighted by molar-refractivity contribution is 6.33. The molecule has 0 saturated carbocycles. The number of carbonyl (C=O) groups excluding carboxylic acids is 1. The Bertz CT molecular complexity index is 441. The normalized spacial score (nSPS) is 11.1. The van der Waals surface area contributed by atoms with Crippen LogP contribution in [0.2, 0.25) is 5.02 Å². The molecule has 0 unspecified atom stereocenters. The Morgan fingerprint density at radius 2 is 2.06 bits per heavy atom. The smallest absolute Gasteiger partial charge is 0.412 e. The molecule has 0 fully saturated rings. The maximum Gasteiger partial charge on any atom is 0.412 e. The summed E-state index contributed by atoms with van der Waals surface area (Å²) in [6.07, 6.45) is -0.673. The Morgan fingerprint density at radius 1 is 1.47 bits per heavy atom. The van der Waals surface area contributed by atoms with Gasteiger partial charge in [0.2, 0.25) is 0 Å². The molecular formula is C11H15ClN2O3. The number of ether oxygens (including phenoxy) is 1. The summed E-state index contributed by atoms with van der Waals surface area (Å²) in [7, 11) is 0. The lowest BCUT2D eigenvalue weighted by atomic mass is 10.2. The highest BCUT2D eigenvalue weighted by Crippen LogP contribution is 2.32. The first-order valence-electron chi connectivity index (χ1n) is 4.97. The van der Waals surface area contributed by atoms with E-state index in [1.54, 1.807) is 20.8 Å². The Kier molecular flexibility index (Phi) is 3.72.